The Balaban J connectivity index is 1.60. The molecule has 2 aromatic rings. The van der Waals surface area contributed by atoms with E-state index >= 15 is 0 Å². The second-order valence-electron chi connectivity index (χ2n) is 15.0. The van der Waals surface area contributed by atoms with Crippen molar-refractivity contribution in [2.24, 2.45) is 5.73 Å². The molecule has 0 saturated carbocycles. The summed E-state index contributed by atoms with van der Waals surface area (Å²) in [6, 6.07) is 1.44. The fraction of sp³-hybridized carbons (Fsp3) is 0.775. The van der Waals surface area contributed by atoms with Crippen molar-refractivity contribution in [3.05, 3.63) is 22.2 Å². The van der Waals surface area contributed by atoms with E-state index in [-0.39, 0.29) is 30.7 Å². The van der Waals surface area contributed by atoms with Gasteiger partial charge in [0.25, 0.3) is 0 Å². The van der Waals surface area contributed by atoms with Crippen LogP contribution in [0.5, 0.6) is 0 Å². The van der Waals surface area contributed by atoms with Crippen molar-refractivity contribution in [2.75, 3.05) is 31.7 Å². The number of fused-ring (bicyclic) bond motifs is 1. The molecule has 0 aliphatic rings. The van der Waals surface area contributed by atoms with E-state index in [1.165, 1.54) is 63.9 Å². The predicted molar refractivity (Wildman–Crippen MR) is 222 cm³/mol. The van der Waals surface area contributed by atoms with Gasteiger partial charge >= 0.3 is 31.4 Å². The summed E-state index contributed by atoms with van der Waals surface area (Å²) in [5, 5.41) is 30.7. The molecule has 0 saturated heterocycles. The first-order chi connectivity index (χ1) is 28.4. The summed E-state index contributed by atoms with van der Waals surface area (Å²) in [5.74, 6) is -2.48. The summed E-state index contributed by atoms with van der Waals surface area (Å²) in [6.45, 7) is 1.12. The largest absolute Gasteiger partial charge is 0.480 e. The molecule has 0 bridgehead atoms. The van der Waals surface area contributed by atoms with E-state index in [4.69, 9.17) is 29.5 Å². The number of benzene rings is 1. The number of nitrogens with two attached hydrogens (primary N) is 1. The minimum atomic E-state index is -4.75. The number of phosphoric ester groups is 1. The summed E-state index contributed by atoms with van der Waals surface area (Å²) in [6.07, 6.45) is 22.8. The minimum Gasteiger partial charge on any atom is -0.480 e. The van der Waals surface area contributed by atoms with Gasteiger partial charge in [0.15, 0.2) is 11.6 Å². The number of anilines is 1. The Morgan fingerprint density at radius 3 is 1.80 bits per heavy atom. The van der Waals surface area contributed by atoms with E-state index < -0.39 is 56.0 Å². The number of carboxylic acid groups (broad SMARTS) is 1. The van der Waals surface area contributed by atoms with Crippen LogP contribution in [0.1, 0.15) is 161 Å². The molecule has 1 aromatic carbocycles. The highest BCUT2D eigenvalue weighted by Gasteiger charge is 2.28. The van der Waals surface area contributed by atoms with Crippen LogP contribution in [0.15, 0.2) is 16.8 Å². The van der Waals surface area contributed by atoms with Crippen molar-refractivity contribution in [1.82, 2.24) is 10.3 Å². The number of aliphatic carboxylic acids is 1. The number of ether oxygens (including phenoxy) is 2. The molecule has 59 heavy (non-hydrogen) atoms. The molecule has 0 aliphatic carbocycles. The molecule has 1 heterocycles. The van der Waals surface area contributed by atoms with Crippen LogP contribution in [0.25, 0.3) is 11.0 Å². The highest BCUT2D eigenvalue weighted by atomic mass is 31.2. The Labute approximate surface area is 347 Å². The lowest BCUT2D eigenvalue weighted by Gasteiger charge is -2.20. The van der Waals surface area contributed by atoms with Gasteiger partial charge in [0.2, 0.25) is 5.52 Å². The summed E-state index contributed by atoms with van der Waals surface area (Å²) < 4.78 is 37.3. The van der Waals surface area contributed by atoms with Gasteiger partial charge in [-0.25, -0.2) is 9.19 Å². The maximum Gasteiger partial charge on any atom is 0.472 e. The van der Waals surface area contributed by atoms with E-state index in [9.17, 15) is 34.0 Å². The third-order valence-corrected chi connectivity index (χ3v) is 10.8. The Morgan fingerprint density at radius 1 is 0.763 bits per heavy atom. The summed E-state index contributed by atoms with van der Waals surface area (Å²) in [5.41, 5.74) is 6.26. The zero-order chi connectivity index (χ0) is 43.1. The van der Waals surface area contributed by atoms with Gasteiger partial charge in [0.05, 0.1) is 23.8 Å². The van der Waals surface area contributed by atoms with Crippen LogP contribution in [0.4, 0.5) is 11.4 Å². The van der Waals surface area contributed by atoms with Crippen LogP contribution in [0.3, 0.4) is 0 Å². The predicted octanol–water partition coefficient (Wildman–Crippen LogP) is 8.93. The number of nitro benzene ring substituents is 1. The van der Waals surface area contributed by atoms with Gasteiger partial charge in [-0.2, -0.15) is 0 Å². The van der Waals surface area contributed by atoms with Crippen molar-refractivity contribution >= 4 is 48.1 Å². The average Bonchev–Trinajstić information content (AvgIpc) is 3.70. The molecule has 2 rings (SSSR count). The van der Waals surface area contributed by atoms with Gasteiger partial charge in [-0.1, -0.05) is 129 Å². The van der Waals surface area contributed by atoms with E-state index in [0.717, 1.165) is 70.6 Å². The summed E-state index contributed by atoms with van der Waals surface area (Å²) in [4.78, 5) is 56.6. The van der Waals surface area contributed by atoms with E-state index in [1.807, 2.05) is 0 Å². The van der Waals surface area contributed by atoms with E-state index in [1.54, 1.807) is 6.07 Å². The Morgan fingerprint density at radius 2 is 1.25 bits per heavy atom. The van der Waals surface area contributed by atoms with Crippen LogP contribution in [-0.4, -0.2) is 81.7 Å². The van der Waals surface area contributed by atoms with Gasteiger partial charge in [0.1, 0.15) is 12.6 Å². The molecule has 1 unspecified atom stereocenters. The van der Waals surface area contributed by atoms with Crippen LogP contribution >= 0.6 is 7.82 Å². The first kappa shape index (κ1) is 51.4. The zero-order valence-corrected chi connectivity index (χ0v) is 35.8. The Hall–Kier alpha value is -3.70. The topological polar surface area (TPSA) is 266 Å². The molecular formula is C40H68N5O13P. The number of carboxylic acids is 1. The van der Waals surface area contributed by atoms with Crippen molar-refractivity contribution in [1.29, 1.82) is 0 Å². The van der Waals surface area contributed by atoms with Crippen molar-refractivity contribution in [2.45, 2.75) is 173 Å². The highest BCUT2D eigenvalue weighted by Crippen LogP contribution is 2.43. The lowest BCUT2D eigenvalue weighted by Crippen LogP contribution is -2.34. The summed E-state index contributed by atoms with van der Waals surface area (Å²) >= 11 is 0. The maximum absolute atomic E-state index is 12.7. The second kappa shape index (κ2) is 31.2. The number of carbonyl (C=O) groups excluding carboxylic acids is 2. The number of nitrogens with zero attached hydrogens (tertiary/aromatic N) is 3. The normalized spacial score (nSPS) is 13.5. The second-order valence-corrected chi connectivity index (χ2v) is 16.5. The lowest BCUT2D eigenvalue weighted by molar-refractivity contribution is -0.383. The molecule has 0 spiro atoms. The number of non-ortho nitro benzene ring substituents is 1. The van der Waals surface area contributed by atoms with Crippen molar-refractivity contribution in [3.8, 4) is 0 Å². The molecule has 1 aromatic heterocycles. The monoisotopic (exact) mass is 857 g/mol. The van der Waals surface area contributed by atoms with E-state index in [2.05, 4.69) is 27.1 Å². The summed E-state index contributed by atoms with van der Waals surface area (Å²) in [7, 11) is -4.75. The number of hydrogen-bond donors (Lipinski definition) is 4. The molecule has 336 valence electrons. The molecule has 0 fully saturated rings. The molecule has 18 nitrogen and oxygen atoms in total. The van der Waals surface area contributed by atoms with Gasteiger partial charge in [0, 0.05) is 25.5 Å². The molecule has 0 radical (unpaired) electrons. The quantitative estimate of drug-likeness (QED) is 0.0161. The third kappa shape index (κ3) is 24.2. The van der Waals surface area contributed by atoms with Crippen molar-refractivity contribution < 1.29 is 57.0 Å². The molecule has 0 amide bonds. The number of aromatic nitrogens is 2. The average molecular weight is 858 g/mol. The SMILES string of the molecule is CCCCCCCCCCCCCCCC(=O)OC[C@H](COP(=O)(O)OC[C@H](N)C(=O)O)OC(=O)CCCCCCCCCCCNc1ccc([N+](=O)[O-])c2nonc12. The van der Waals surface area contributed by atoms with Gasteiger partial charge < -0.3 is 30.5 Å². The number of nitro groups is 1. The standard InChI is InChI=1S/C40H68N5O13P/c1-2-3-4-5-6-7-8-9-10-12-15-18-21-24-36(46)54-29-32(30-55-59(52,53)56-31-33(41)40(48)49)57-37(47)25-22-19-16-13-11-14-17-20-23-28-42-34-26-27-35(45(50)51)39-38(34)43-58-44-39/h26-27,32-33,42H,2-25,28-31,41H2,1H3,(H,48,49)(H,52,53)/t32-,33+/m1/s1. The number of nitrogens with one attached hydrogen (secondary N) is 1. The van der Waals surface area contributed by atoms with Crippen LogP contribution in [0.2, 0.25) is 0 Å². The smallest absolute Gasteiger partial charge is 0.472 e. The molecular weight excluding hydrogens is 789 g/mol. The first-order valence-electron chi connectivity index (χ1n) is 21.5. The van der Waals surface area contributed by atoms with Gasteiger partial charge in [-0.3, -0.25) is 33.5 Å². The Bertz CT molecular complexity index is 1540. The number of phosphoric acid groups is 1. The third-order valence-electron chi connectivity index (χ3n) is 9.83. The van der Waals surface area contributed by atoms with Crippen LogP contribution < -0.4 is 11.1 Å². The number of rotatable bonds is 38. The van der Waals surface area contributed by atoms with Crippen LogP contribution in [0, 0.1) is 10.1 Å². The lowest BCUT2D eigenvalue weighted by atomic mass is 10.0. The molecule has 19 heteroatoms. The molecule has 0 aliphatic heterocycles. The maximum atomic E-state index is 12.7. The molecule has 5 N–H and O–H groups in total. The fourth-order valence-electron chi connectivity index (χ4n) is 6.36. The minimum absolute atomic E-state index is 0.0998. The fourth-order valence-corrected chi connectivity index (χ4v) is 7.14. The highest BCUT2D eigenvalue weighted by molar-refractivity contribution is 7.47. The number of carbonyl (C=O) groups is 3. The van der Waals surface area contributed by atoms with Gasteiger partial charge in [-0.05, 0) is 35.6 Å². The number of esters is 2. The van der Waals surface area contributed by atoms with Crippen molar-refractivity contribution in [3.63, 3.8) is 0 Å². The van der Waals surface area contributed by atoms with E-state index in [0.29, 0.717) is 30.6 Å². The van der Waals surface area contributed by atoms with Gasteiger partial charge in [-0.15, -0.1) is 0 Å². The Kier molecular flexibility index (Phi) is 27.2. The van der Waals surface area contributed by atoms with Crippen LogP contribution in [-0.2, 0) is 37.5 Å². The first-order valence-corrected chi connectivity index (χ1v) is 23.0. The number of hydrogen-bond acceptors (Lipinski definition) is 15. The zero-order valence-electron chi connectivity index (χ0n) is 34.9. The molecule has 3 atom stereocenters. The number of unbranched alkanes of at least 4 members (excludes halogenated alkanes) is 20.